The molecule has 0 aliphatic rings. The molecule has 0 spiro atoms. The topological polar surface area (TPSA) is 286 Å². The van der Waals surface area contributed by atoms with Crippen LogP contribution in [0.15, 0.2) is 176 Å². The molecule has 270 valence electrons. The molecule has 52 heavy (non-hydrogen) atoms. The number of hydrogen-bond donors (Lipinski definition) is 0. The van der Waals surface area contributed by atoms with E-state index in [1.807, 2.05) is 0 Å². The van der Waals surface area contributed by atoms with Crippen LogP contribution in [-0.4, -0.2) is 105 Å². The predicted molar refractivity (Wildman–Crippen MR) is 184 cm³/mol. The van der Waals surface area contributed by atoms with E-state index in [-0.39, 0.29) is 64.9 Å². The van der Waals surface area contributed by atoms with Gasteiger partial charge in [0, 0.05) is 0 Å². The third-order valence-corrected chi connectivity index (χ3v) is 9.41. The summed E-state index contributed by atoms with van der Waals surface area (Å²) in [4.78, 5) is -0.926. The van der Waals surface area contributed by atoms with Gasteiger partial charge in [0.25, 0.3) is 0 Å². The van der Waals surface area contributed by atoms with Crippen molar-refractivity contribution < 1.29 is 64.9 Å². The fraction of sp³-hybridized carbons (Fsp3) is 0. The quantitative estimate of drug-likeness (QED) is 0.181. The molecular weight excluding hydrogens is 812 g/mol. The van der Waals surface area contributed by atoms with Gasteiger partial charge in [0.2, 0.25) is 0 Å². The molecule has 5 aromatic carbocycles. The molecule has 0 aromatic heterocycles. The van der Waals surface area contributed by atoms with Gasteiger partial charge in [-0.1, -0.05) is 91.0 Å². The maximum absolute atomic E-state index is 10.3. The molecule has 0 atom stereocenters. The van der Waals surface area contributed by atoms with Gasteiger partial charge < -0.3 is 22.8 Å². The van der Waals surface area contributed by atoms with Crippen molar-refractivity contribution in [1.82, 2.24) is 0 Å². The van der Waals surface area contributed by atoms with Gasteiger partial charge in [-0.25, -0.2) is 42.1 Å². The summed E-state index contributed by atoms with van der Waals surface area (Å²) in [5.41, 5.74) is 0. The van der Waals surface area contributed by atoms with Gasteiger partial charge in [-0.15, -0.1) is 0 Å². The molecule has 0 unspecified atom stereocenters. The van der Waals surface area contributed by atoms with E-state index in [0.29, 0.717) is 0 Å². The molecule has 15 nitrogen and oxygen atoms in total. The van der Waals surface area contributed by atoms with Crippen LogP contribution < -0.4 is 0 Å². The maximum atomic E-state index is 10.3. The van der Waals surface area contributed by atoms with E-state index >= 15 is 0 Å². The number of hydrogen-bond acceptors (Lipinski definition) is 15. The van der Waals surface area contributed by atoms with Crippen LogP contribution in [0.5, 0.6) is 0 Å². The van der Waals surface area contributed by atoms with Gasteiger partial charge in [-0.3, -0.25) is 0 Å². The van der Waals surface area contributed by atoms with E-state index in [4.69, 9.17) is 0 Å². The summed E-state index contributed by atoms with van der Waals surface area (Å²) in [6, 6.07) is 35.9. The third-order valence-electron chi connectivity index (χ3n) is 5.16. The minimum Gasteiger partial charge on any atom is -0.744 e. The Morgan fingerprint density at radius 2 is 0.346 bits per heavy atom. The third kappa shape index (κ3) is 22.1. The predicted octanol–water partition coefficient (Wildman–Crippen LogP) is 2.19. The molecule has 0 N–H and O–H groups in total. The van der Waals surface area contributed by atoms with Gasteiger partial charge in [-0.2, -0.15) is 0 Å². The molecule has 0 bridgehead atoms. The molecule has 5 aromatic rings. The van der Waals surface area contributed by atoms with E-state index in [1.165, 1.54) is 121 Å². The van der Waals surface area contributed by atoms with Gasteiger partial charge in [0.15, 0.2) is 0 Å². The monoisotopic (exact) mass is 836 g/mol. The largest absolute Gasteiger partial charge is 3.00 e. The van der Waals surface area contributed by atoms with Crippen LogP contribution >= 0.6 is 0 Å². The van der Waals surface area contributed by atoms with E-state index in [1.54, 1.807) is 30.3 Å². The second-order valence-electron chi connectivity index (χ2n) is 8.84. The van der Waals surface area contributed by atoms with Gasteiger partial charge >= 0.3 is 40.4 Å². The summed E-state index contributed by atoms with van der Waals surface area (Å²) in [7, 11) is -21.3. The summed E-state index contributed by atoms with van der Waals surface area (Å²) in [6.45, 7) is 0. The standard InChI is InChI=1S/5C6H6O3S.Al.Mg/c5*7-10(8,9)6-4-2-1-3-5-6;;/h5*1-5H,(H,7,8,9);;/q;;;;;+3;+2/p-5. The molecule has 0 fully saturated rings. The SMILES string of the molecule is O=S(=O)([O-])c1ccccc1.O=S(=O)([O-])c1ccccc1.O=S(=O)([O-])c1ccccc1.O=S(=O)([O-])c1ccccc1.O=S(=O)([O-])c1ccccc1.[Al+3].[Mg+2]. The summed E-state index contributed by atoms with van der Waals surface area (Å²) < 4.78 is 154. The smallest absolute Gasteiger partial charge is 0.744 e. The first kappa shape index (κ1) is 51.1. The van der Waals surface area contributed by atoms with E-state index in [2.05, 4.69) is 0 Å². The van der Waals surface area contributed by atoms with Crippen molar-refractivity contribution in [2.45, 2.75) is 24.5 Å². The Labute approximate surface area is 329 Å². The summed E-state index contributed by atoms with van der Waals surface area (Å²) in [5.74, 6) is 0. The van der Waals surface area contributed by atoms with Gasteiger partial charge in [0.05, 0.1) is 24.5 Å². The van der Waals surface area contributed by atoms with Crippen molar-refractivity contribution in [3.63, 3.8) is 0 Å². The Morgan fingerprint density at radius 3 is 0.404 bits per heavy atom. The van der Waals surface area contributed by atoms with Crippen molar-refractivity contribution in [3.8, 4) is 0 Å². The first-order chi connectivity index (χ1) is 23.0. The van der Waals surface area contributed by atoms with Crippen LogP contribution in [0.1, 0.15) is 0 Å². The Kier molecular flexibility index (Phi) is 23.2. The Morgan fingerprint density at radius 1 is 0.250 bits per heavy atom. The maximum Gasteiger partial charge on any atom is 3.00 e. The Balaban J connectivity index is 0. The molecule has 0 radical (unpaired) electrons. The van der Waals surface area contributed by atoms with Crippen LogP contribution in [0.4, 0.5) is 0 Å². The molecule has 5 rings (SSSR count). The van der Waals surface area contributed by atoms with Crippen LogP contribution in [0.2, 0.25) is 0 Å². The number of benzene rings is 5. The van der Waals surface area contributed by atoms with Crippen molar-refractivity contribution in [2.75, 3.05) is 0 Å². The van der Waals surface area contributed by atoms with Crippen molar-refractivity contribution in [3.05, 3.63) is 152 Å². The summed E-state index contributed by atoms with van der Waals surface area (Å²) in [6.07, 6.45) is 0. The zero-order valence-electron chi connectivity index (χ0n) is 26.4. The molecule has 22 heteroatoms. The average molecular weight is 837 g/mol. The van der Waals surface area contributed by atoms with Crippen LogP contribution in [0, 0.1) is 0 Å². The van der Waals surface area contributed by atoms with Crippen LogP contribution in [0.3, 0.4) is 0 Å². The number of rotatable bonds is 5. The van der Waals surface area contributed by atoms with Gasteiger partial charge in [-0.05, 0) is 60.7 Å². The molecule has 0 amide bonds. The van der Waals surface area contributed by atoms with Crippen molar-refractivity contribution in [1.29, 1.82) is 0 Å². The normalized spacial score (nSPS) is 10.9. The van der Waals surface area contributed by atoms with Crippen molar-refractivity contribution >= 4 is 91.0 Å². The first-order valence-corrected chi connectivity index (χ1v) is 20.1. The van der Waals surface area contributed by atoms with Gasteiger partial charge in [0.1, 0.15) is 50.6 Å². The summed E-state index contributed by atoms with van der Waals surface area (Å²) in [5, 5.41) is 0. The molecule has 0 aliphatic heterocycles. The zero-order valence-corrected chi connectivity index (χ0v) is 33.0. The molecule has 0 heterocycles. The minimum atomic E-state index is -4.25. The minimum absolute atomic E-state index is 0. The van der Waals surface area contributed by atoms with Crippen LogP contribution in [-0.2, 0) is 50.6 Å². The van der Waals surface area contributed by atoms with Crippen LogP contribution in [0.25, 0.3) is 0 Å². The van der Waals surface area contributed by atoms with E-state index in [0.717, 1.165) is 0 Å². The van der Waals surface area contributed by atoms with Crippen molar-refractivity contribution in [2.24, 2.45) is 0 Å². The van der Waals surface area contributed by atoms with E-state index in [9.17, 15) is 64.9 Å². The summed E-state index contributed by atoms with van der Waals surface area (Å²) >= 11 is 0. The second-order valence-corrected chi connectivity index (χ2v) is 15.7. The second kappa shape index (κ2) is 23.6. The average Bonchev–Trinajstić information content (AvgIpc) is 3.06. The molecule has 0 saturated heterocycles. The molecule has 0 aliphatic carbocycles. The Bertz CT molecular complexity index is 1910. The molecular formula is C30H25AlMgO15S5. The zero-order chi connectivity index (χ0) is 38.1. The molecule has 0 saturated carbocycles. The van der Waals surface area contributed by atoms with E-state index < -0.39 is 50.6 Å². The Hall–Kier alpha value is -3.05. The fourth-order valence-electron chi connectivity index (χ4n) is 2.94. The first-order valence-electron chi connectivity index (χ1n) is 13.1. The fourth-order valence-corrected chi connectivity index (χ4v) is 5.39.